The van der Waals surface area contributed by atoms with Crippen LogP contribution in [0.15, 0.2) is 22.7 Å². The fraction of sp³-hybridized carbons (Fsp3) is 0.231. The van der Waals surface area contributed by atoms with Crippen molar-refractivity contribution < 1.29 is 4.39 Å². The van der Waals surface area contributed by atoms with Gasteiger partial charge >= 0.3 is 0 Å². The van der Waals surface area contributed by atoms with Crippen LogP contribution in [-0.4, -0.2) is 9.97 Å². The van der Waals surface area contributed by atoms with Gasteiger partial charge < -0.3 is 5.73 Å². The maximum Gasteiger partial charge on any atom is 0.162 e. The molecule has 2 aromatic rings. The monoisotopic (exact) mass is 307 g/mol. The summed E-state index contributed by atoms with van der Waals surface area (Å²) in [4.78, 5) is 8.85. The van der Waals surface area contributed by atoms with E-state index in [1.54, 1.807) is 6.07 Å². The maximum absolute atomic E-state index is 13.1. The summed E-state index contributed by atoms with van der Waals surface area (Å²) in [5.41, 5.74) is 8.80. The number of hydrogen-bond acceptors (Lipinski definition) is 3. The van der Waals surface area contributed by atoms with Crippen LogP contribution in [-0.2, 0) is 12.8 Å². The lowest BCUT2D eigenvalue weighted by molar-refractivity contribution is 0.627. The van der Waals surface area contributed by atoms with Crippen molar-refractivity contribution in [3.05, 3.63) is 39.7 Å². The molecule has 3 rings (SSSR count). The Hall–Kier alpha value is -1.49. The standard InChI is InChI=1S/C13H11BrFN3/c14-10-6-7(15)4-5-8(10)13-17-11-3-1-2-9(11)12(16)18-13/h4-6H,1-3H2,(H2,16,17,18). The predicted octanol–water partition coefficient (Wildman–Crippen LogP) is 3.12. The van der Waals surface area contributed by atoms with Crippen LogP contribution in [0.3, 0.4) is 0 Å². The van der Waals surface area contributed by atoms with E-state index in [1.165, 1.54) is 12.1 Å². The molecule has 0 saturated heterocycles. The Morgan fingerprint density at radius 1 is 1.22 bits per heavy atom. The van der Waals surface area contributed by atoms with E-state index in [2.05, 4.69) is 25.9 Å². The van der Waals surface area contributed by atoms with E-state index >= 15 is 0 Å². The van der Waals surface area contributed by atoms with Gasteiger partial charge in [0, 0.05) is 21.3 Å². The normalized spacial score (nSPS) is 13.7. The second-order valence-corrected chi connectivity index (χ2v) is 5.19. The van der Waals surface area contributed by atoms with E-state index in [4.69, 9.17) is 5.73 Å². The SMILES string of the molecule is Nc1nc(-c2ccc(F)cc2Br)nc2c1CCC2. The number of nitrogens with two attached hydrogens (primary N) is 1. The number of halogens is 2. The molecule has 0 amide bonds. The molecule has 0 saturated carbocycles. The molecule has 2 N–H and O–H groups in total. The van der Waals surface area contributed by atoms with Gasteiger partial charge in [0.15, 0.2) is 5.82 Å². The molecule has 1 heterocycles. The van der Waals surface area contributed by atoms with Crippen molar-refractivity contribution in [3.8, 4) is 11.4 Å². The molecule has 0 radical (unpaired) electrons. The quantitative estimate of drug-likeness (QED) is 0.880. The molecule has 92 valence electrons. The molecule has 0 fully saturated rings. The first-order valence-electron chi connectivity index (χ1n) is 5.76. The van der Waals surface area contributed by atoms with E-state index in [9.17, 15) is 4.39 Å². The number of nitrogen functional groups attached to an aromatic ring is 1. The lowest BCUT2D eigenvalue weighted by Crippen LogP contribution is -2.03. The summed E-state index contributed by atoms with van der Waals surface area (Å²) in [5, 5.41) is 0. The zero-order valence-corrected chi connectivity index (χ0v) is 11.2. The second-order valence-electron chi connectivity index (χ2n) is 4.34. The fourth-order valence-corrected chi connectivity index (χ4v) is 2.78. The molecule has 0 spiro atoms. The van der Waals surface area contributed by atoms with Crippen molar-refractivity contribution in [2.75, 3.05) is 5.73 Å². The minimum atomic E-state index is -0.292. The molecule has 0 atom stereocenters. The van der Waals surface area contributed by atoms with E-state index in [0.717, 1.165) is 36.1 Å². The molecule has 1 aromatic carbocycles. The van der Waals surface area contributed by atoms with Crippen LogP contribution in [0.1, 0.15) is 17.7 Å². The third kappa shape index (κ3) is 1.88. The van der Waals surface area contributed by atoms with Gasteiger partial charge in [-0.3, -0.25) is 0 Å². The molecular formula is C13H11BrFN3. The van der Waals surface area contributed by atoms with E-state index in [-0.39, 0.29) is 5.82 Å². The average molecular weight is 308 g/mol. The third-order valence-corrected chi connectivity index (χ3v) is 3.79. The summed E-state index contributed by atoms with van der Waals surface area (Å²) in [6.07, 6.45) is 2.96. The van der Waals surface area contributed by atoms with Crippen molar-refractivity contribution in [3.63, 3.8) is 0 Å². The molecule has 1 aromatic heterocycles. The fourth-order valence-electron chi connectivity index (χ4n) is 2.25. The summed E-state index contributed by atoms with van der Waals surface area (Å²) in [6.45, 7) is 0. The van der Waals surface area contributed by atoms with Crippen molar-refractivity contribution in [1.82, 2.24) is 9.97 Å². The Balaban J connectivity index is 2.15. The summed E-state index contributed by atoms with van der Waals surface area (Å²) >= 11 is 3.33. The molecule has 3 nitrogen and oxygen atoms in total. The van der Waals surface area contributed by atoms with Gasteiger partial charge in [-0.2, -0.15) is 0 Å². The van der Waals surface area contributed by atoms with Gasteiger partial charge in [0.2, 0.25) is 0 Å². The van der Waals surface area contributed by atoms with Crippen LogP contribution < -0.4 is 5.73 Å². The average Bonchev–Trinajstić information content (AvgIpc) is 2.77. The highest BCUT2D eigenvalue weighted by Crippen LogP contribution is 2.31. The predicted molar refractivity (Wildman–Crippen MR) is 71.6 cm³/mol. The van der Waals surface area contributed by atoms with Crippen LogP contribution in [0.4, 0.5) is 10.2 Å². The number of nitrogens with zero attached hydrogens (tertiary/aromatic N) is 2. The van der Waals surface area contributed by atoms with Gasteiger partial charge in [0.05, 0.1) is 0 Å². The Morgan fingerprint density at radius 2 is 2.06 bits per heavy atom. The van der Waals surface area contributed by atoms with Crippen LogP contribution in [0.25, 0.3) is 11.4 Å². The summed E-state index contributed by atoms with van der Waals surface area (Å²) in [7, 11) is 0. The molecule has 0 aliphatic heterocycles. The van der Waals surface area contributed by atoms with Crippen molar-refractivity contribution in [2.24, 2.45) is 0 Å². The Morgan fingerprint density at radius 3 is 2.83 bits per heavy atom. The molecule has 18 heavy (non-hydrogen) atoms. The topological polar surface area (TPSA) is 51.8 Å². The summed E-state index contributed by atoms with van der Waals surface area (Å²) in [6, 6.07) is 4.46. The van der Waals surface area contributed by atoms with E-state index < -0.39 is 0 Å². The van der Waals surface area contributed by atoms with Crippen molar-refractivity contribution in [2.45, 2.75) is 19.3 Å². The largest absolute Gasteiger partial charge is 0.383 e. The third-order valence-electron chi connectivity index (χ3n) is 3.14. The van der Waals surface area contributed by atoms with E-state index in [0.29, 0.717) is 16.1 Å². The number of aryl methyl sites for hydroxylation is 1. The minimum Gasteiger partial charge on any atom is -0.383 e. The van der Waals surface area contributed by atoms with Gasteiger partial charge in [-0.05, 0) is 53.4 Å². The van der Waals surface area contributed by atoms with Crippen LogP contribution >= 0.6 is 15.9 Å². The van der Waals surface area contributed by atoms with Crippen molar-refractivity contribution >= 4 is 21.7 Å². The van der Waals surface area contributed by atoms with Gasteiger partial charge in [0.1, 0.15) is 11.6 Å². The molecule has 0 unspecified atom stereocenters. The van der Waals surface area contributed by atoms with Gasteiger partial charge in [-0.15, -0.1) is 0 Å². The highest BCUT2D eigenvalue weighted by Gasteiger charge is 2.19. The minimum absolute atomic E-state index is 0.292. The molecule has 1 aliphatic rings. The molecule has 5 heteroatoms. The van der Waals surface area contributed by atoms with Crippen molar-refractivity contribution in [1.29, 1.82) is 0 Å². The Bertz CT molecular complexity index is 628. The summed E-state index contributed by atoms with van der Waals surface area (Å²) < 4.78 is 13.7. The van der Waals surface area contributed by atoms with Gasteiger partial charge in [0.25, 0.3) is 0 Å². The molecular weight excluding hydrogens is 297 g/mol. The zero-order valence-electron chi connectivity index (χ0n) is 9.58. The lowest BCUT2D eigenvalue weighted by atomic mass is 10.2. The van der Waals surface area contributed by atoms with Crippen LogP contribution in [0, 0.1) is 5.82 Å². The highest BCUT2D eigenvalue weighted by molar-refractivity contribution is 9.10. The van der Waals surface area contributed by atoms with Gasteiger partial charge in [-0.25, -0.2) is 14.4 Å². The van der Waals surface area contributed by atoms with Gasteiger partial charge in [-0.1, -0.05) is 0 Å². The number of benzene rings is 1. The zero-order chi connectivity index (χ0) is 12.7. The maximum atomic E-state index is 13.1. The number of hydrogen-bond donors (Lipinski definition) is 1. The lowest BCUT2D eigenvalue weighted by Gasteiger charge is -2.08. The number of aromatic nitrogens is 2. The number of fused-ring (bicyclic) bond motifs is 1. The van der Waals surface area contributed by atoms with Crippen LogP contribution in [0.2, 0.25) is 0 Å². The smallest absolute Gasteiger partial charge is 0.162 e. The number of anilines is 1. The molecule has 1 aliphatic carbocycles. The Labute approximate surface area is 112 Å². The summed E-state index contributed by atoms with van der Waals surface area (Å²) in [5.74, 6) is 0.809. The van der Waals surface area contributed by atoms with Crippen LogP contribution in [0.5, 0.6) is 0 Å². The first-order valence-corrected chi connectivity index (χ1v) is 6.55. The Kier molecular flexibility index (Phi) is 2.78. The highest BCUT2D eigenvalue weighted by atomic mass is 79.9. The first kappa shape index (κ1) is 11.6. The number of rotatable bonds is 1. The molecule has 0 bridgehead atoms. The first-order chi connectivity index (χ1) is 8.65. The van der Waals surface area contributed by atoms with E-state index in [1.807, 2.05) is 0 Å². The second kappa shape index (κ2) is 4.31.